The molecule has 0 spiro atoms. The normalized spacial score (nSPS) is 14.5. The van der Waals surface area contributed by atoms with Crippen LogP contribution in [0.1, 0.15) is 30.6 Å². The van der Waals surface area contributed by atoms with Crippen LogP contribution >= 0.6 is 24.8 Å². The molecule has 133 valence electrons. The van der Waals surface area contributed by atoms with Crippen molar-refractivity contribution >= 4 is 41.2 Å². The topological polar surface area (TPSA) is 12.5 Å². The van der Waals surface area contributed by atoms with E-state index in [4.69, 9.17) is 3.32 Å². The summed E-state index contributed by atoms with van der Waals surface area (Å²) in [5.41, 5.74) is 5.42. The van der Waals surface area contributed by atoms with Gasteiger partial charge in [-0.05, 0) is 0 Å². The summed E-state index contributed by atoms with van der Waals surface area (Å²) in [4.78, 5) is 2.21. The monoisotopic (exact) mass is 412 g/mol. The van der Waals surface area contributed by atoms with E-state index >= 15 is 0 Å². The second-order valence-corrected chi connectivity index (χ2v) is 6.77. The third kappa shape index (κ3) is 4.97. The third-order valence-corrected chi connectivity index (χ3v) is 4.89. The first-order chi connectivity index (χ1) is 11.1. The molecule has 1 aliphatic rings. The van der Waals surface area contributed by atoms with Gasteiger partial charge in [0.1, 0.15) is 0 Å². The maximum absolute atomic E-state index is 5.68. The number of likely N-dealkylation sites (N-methyl/N-ethyl adjacent to an activating group) is 1. The van der Waals surface area contributed by atoms with Gasteiger partial charge in [0.15, 0.2) is 0 Å². The Labute approximate surface area is 175 Å². The number of benzene rings is 2. The summed E-state index contributed by atoms with van der Waals surface area (Å²) in [6, 6.07) is 13.1. The molecule has 0 amide bonds. The standard InChI is InChI=1S/C20H22NO.2ClH.Ti/c1-14(22)20-18-7-5-4-6-16(18)10-11-19(20)17-9-8-15(12-17)13-21(2)3;;;/h4-8,10-12,14H,9,13H2,1-3H3;2*1H;/q-1;;;+1. The van der Waals surface area contributed by atoms with E-state index < -0.39 is 0 Å². The fourth-order valence-corrected chi connectivity index (χ4v) is 3.50. The molecule has 0 aromatic heterocycles. The first-order valence-electron chi connectivity index (χ1n) is 7.99. The van der Waals surface area contributed by atoms with E-state index in [1.807, 2.05) is 0 Å². The van der Waals surface area contributed by atoms with Crippen molar-refractivity contribution < 1.29 is 24.1 Å². The maximum atomic E-state index is 5.68. The molecule has 5 heteroatoms. The molecule has 0 bridgehead atoms. The summed E-state index contributed by atoms with van der Waals surface area (Å²) < 4.78 is 5.68. The van der Waals surface area contributed by atoms with Gasteiger partial charge in [-0.15, -0.1) is 24.8 Å². The van der Waals surface area contributed by atoms with Crippen LogP contribution in [0.15, 0.2) is 54.1 Å². The first kappa shape index (κ1) is 22.4. The molecular weight excluding hydrogens is 389 g/mol. The Bertz CT molecular complexity index is 786. The largest absolute Gasteiger partial charge is 0.147 e. The summed E-state index contributed by atoms with van der Waals surface area (Å²) in [5.74, 6) is 0. The number of fused-ring (bicyclic) bond motifs is 1. The summed E-state index contributed by atoms with van der Waals surface area (Å²) in [7, 11) is 4.22. The minimum absolute atomic E-state index is 0. The van der Waals surface area contributed by atoms with Crippen molar-refractivity contribution in [1.29, 1.82) is 0 Å². The smallest absolute Gasteiger partial charge is 0.147 e. The Morgan fingerprint density at radius 3 is 2.52 bits per heavy atom. The van der Waals surface area contributed by atoms with Crippen molar-refractivity contribution in [2.45, 2.75) is 19.4 Å². The van der Waals surface area contributed by atoms with E-state index in [0.29, 0.717) is 0 Å². The van der Waals surface area contributed by atoms with E-state index in [0.717, 1.165) is 13.0 Å². The third-order valence-electron chi connectivity index (χ3n) is 4.34. The molecule has 1 atom stereocenters. The van der Waals surface area contributed by atoms with Gasteiger partial charge in [0.25, 0.3) is 0 Å². The number of hydrogen-bond donors (Lipinski definition) is 0. The zero-order valence-electron chi connectivity index (χ0n) is 14.8. The van der Waals surface area contributed by atoms with Crippen LogP contribution in [0.3, 0.4) is 0 Å². The van der Waals surface area contributed by atoms with Crippen LogP contribution in [0.2, 0.25) is 0 Å². The molecule has 25 heavy (non-hydrogen) atoms. The molecule has 0 heterocycles. The van der Waals surface area contributed by atoms with Gasteiger partial charge in [-0.2, -0.15) is 0 Å². The van der Waals surface area contributed by atoms with E-state index in [2.05, 4.69) is 74.5 Å². The molecule has 0 saturated carbocycles. The van der Waals surface area contributed by atoms with Crippen molar-refractivity contribution in [2.24, 2.45) is 0 Å². The second-order valence-electron chi connectivity index (χ2n) is 6.40. The van der Waals surface area contributed by atoms with Crippen LogP contribution < -0.4 is 0 Å². The number of nitrogens with zero attached hydrogens (tertiary/aromatic N) is 1. The van der Waals surface area contributed by atoms with E-state index in [-0.39, 0.29) is 30.9 Å². The molecule has 2 nitrogen and oxygen atoms in total. The zero-order valence-corrected chi connectivity index (χ0v) is 18.0. The second kappa shape index (κ2) is 9.92. The van der Waals surface area contributed by atoms with E-state index in [1.165, 1.54) is 33.0 Å². The average molecular weight is 413 g/mol. The molecule has 1 aliphatic carbocycles. The van der Waals surface area contributed by atoms with Crippen molar-refractivity contribution in [2.75, 3.05) is 20.6 Å². The van der Waals surface area contributed by atoms with Gasteiger partial charge in [-0.3, -0.25) is 0 Å². The van der Waals surface area contributed by atoms with Gasteiger partial charge in [0, 0.05) is 0 Å². The zero-order chi connectivity index (χ0) is 16.4. The van der Waals surface area contributed by atoms with Crippen molar-refractivity contribution in [3.63, 3.8) is 0 Å². The van der Waals surface area contributed by atoms with E-state index in [1.54, 1.807) is 20.8 Å². The number of halogens is 2. The summed E-state index contributed by atoms with van der Waals surface area (Å²) in [5, 5.41) is 2.57. The van der Waals surface area contributed by atoms with Crippen molar-refractivity contribution in [1.82, 2.24) is 4.90 Å². The molecule has 0 radical (unpaired) electrons. The molecule has 0 fully saturated rings. The quantitative estimate of drug-likeness (QED) is 0.601. The SMILES string of the molecule is CC([O][Ti])c1c(C2=CC(CN(C)C)=CC2)ccc2ccccc12.Cl.Cl. The van der Waals surface area contributed by atoms with Crippen LogP contribution in [-0.2, 0) is 24.1 Å². The molecule has 3 rings (SSSR count). The van der Waals surface area contributed by atoms with Crippen LogP contribution in [0.25, 0.3) is 16.3 Å². The Morgan fingerprint density at radius 1 is 1.12 bits per heavy atom. The van der Waals surface area contributed by atoms with Crippen LogP contribution in [-0.4, -0.2) is 25.5 Å². The minimum Gasteiger partial charge on any atom is -0.147 e. The number of allylic oxidation sites excluding steroid dienone is 2. The molecule has 0 N–H and O–H groups in total. The van der Waals surface area contributed by atoms with Crippen LogP contribution in [0, 0.1) is 0 Å². The van der Waals surface area contributed by atoms with Gasteiger partial charge >= 0.3 is 151 Å². The van der Waals surface area contributed by atoms with E-state index in [9.17, 15) is 0 Å². The molecule has 2 aromatic rings. The molecule has 2 aromatic carbocycles. The summed E-state index contributed by atoms with van der Waals surface area (Å²) >= 11 is 1.79. The molecular formula is C20H24Cl2NOTi. The molecule has 0 saturated heterocycles. The number of hydrogen-bond acceptors (Lipinski definition) is 2. The van der Waals surface area contributed by atoms with Crippen LogP contribution in [0.4, 0.5) is 0 Å². The predicted octanol–water partition coefficient (Wildman–Crippen LogP) is 5.50. The van der Waals surface area contributed by atoms with Gasteiger partial charge in [0.05, 0.1) is 0 Å². The fourth-order valence-electron chi connectivity index (χ4n) is 3.32. The van der Waals surface area contributed by atoms with Crippen molar-refractivity contribution in [3.8, 4) is 0 Å². The first-order valence-corrected chi connectivity index (χ1v) is 8.62. The predicted molar refractivity (Wildman–Crippen MR) is 107 cm³/mol. The minimum atomic E-state index is 0. The average Bonchev–Trinajstić information content (AvgIpc) is 3.00. The van der Waals surface area contributed by atoms with Crippen molar-refractivity contribution in [3.05, 3.63) is 65.3 Å². The van der Waals surface area contributed by atoms with Gasteiger partial charge < -0.3 is 0 Å². The Kier molecular flexibility index (Phi) is 8.90. The molecule has 0 aliphatic heterocycles. The maximum Gasteiger partial charge on any atom is -0.147 e. The number of rotatable bonds is 5. The fraction of sp³-hybridized carbons (Fsp3) is 0.300. The Morgan fingerprint density at radius 2 is 1.84 bits per heavy atom. The van der Waals surface area contributed by atoms with Crippen LogP contribution in [0.5, 0.6) is 0 Å². The Balaban J connectivity index is 0.00000156. The molecule has 1 unspecified atom stereocenters. The van der Waals surface area contributed by atoms with Gasteiger partial charge in [-0.25, -0.2) is 0 Å². The summed E-state index contributed by atoms with van der Waals surface area (Å²) in [6.45, 7) is 3.13. The Hall–Kier alpha value is -0.606. The summed E-state index contributed by atoms with van der Waals surface area (Å²) in [6.07, 6.45) is 5.77. The van der Waals surface area contributed by atoms with Gasteiger partial charge in [0.2, 0.25) is 0 Å². The van der Waals surface area contributed by atoms with Gasteiger partial charge in [-0.1, -0.05) is 0 Å².